The number of rotatable bonds is 8. The van der Waals surface area contributed by atoms with E-state index in [0.717, 1.165) is 0 Å². The molecule has 0 aliphatic heterocycles. The molecule has 3 aromatic heterocycles. The molecule has 200 valence electrons. The van der Waals surface area contributed by atoms with Crippen LogP contribution in [0.1, 0.15) is 27.8 Å². The van der Waals surface area contributed by atoms with Crippen LogP contribution in [0.25, 0.3) is 21.1 Å². The van der Waals surface area contributed by atoms with Gasteiger partial charge in [0.1, 0.15) is 27.9 Å². The Morgan fingerprint density at radius 2 is 1.82 bits per heavy atom. The monoisotopic (exact) mass is 586 g/mol. The van der Waals surface area contributed by atoms with E-state index in [-0.39, 0.29) is 32.9 Å². The molecule has 0 bridgehead atoms. The fourth-order valence-electron chi connectivity index (χ4n) is 4.06. The number of anilines is 3. The molecular weight excluding hydrogens is 567 g/mol. The number of fused-ring (bicyclic) bond motifs is 2. The van der Waals surface area contributed by atoms with E-state index in [1.54, 1.807) is 28.3 Å². The number of carbonyl (C=O) groups excluding carboxylic acids is 1. The first kappa shape index (κ1) is 26.5. The van der Waals surface area contributed by atoms with Crippen molar-refractivity contribution in [1.82, 2.24) is 19.7 Å². The molecular formula is C25H20Cl2N6O5S. The topological polar surface area (TPSA) is 140 Å². The summed E-state index contributed by atoms with van der Waals surface area (Å²) >= 11 is 14.1. The number of aromatic carboxylic acids is 1. The Hall–Kier alpha value is -4.13. The maximum Gasteiger partial charge on any atom is 0.357 e. The third kappa shape index (κ3) is 4.67. The number of nitrogens with zero attached hydrogens (tertiary/aromatic N) is 4. The molecule has 0 aliphatic carbocycles. The number of halogens is 2. The average molecular weight is 587 g/mol. The number of amides is 1. The van der Waals surface area contributed by atoms with Gasteiger partial charge in [-0.15, -0.1) is 11.3 Å². The lowest BCUT2D eigenvalue weighted by molar-refractivity contribution is 0.0691. The maximum atomic E-state index is 13.3. The van der Waals surface area contributed by atoms with Crippen LogP contribution >= 0.6 is 34.5 Å². The number of carbonyl (C=O) groups is 2. The summed E-state index contributed by atoms with van der Waals surface area (Å²) in [5.41, 5.74) is 2.18. The van der Waals surface area contributed by atoms with E-state index < -0.39 is 11.9 Å². The molecule has 0 saturated carbocycles. The second-order valence-electron chi connectivity index (χ2n) is 8.11. The molecule has 0 spiro atoms. The van der Waals surface area contributed by atoms with Gasteiger partial charge in [0.25, 0.3) is 5.91 Å². The average Bonchev–Trinajstić information content (AvgIpc) is 3.53. The van der Waals surface area contributed by atoms with Crippen molar-refractivity contribution in [2.24, 2.45) is 0 Å². The number of ether oxygens (including phenoxy) is 2. The second kappa shape index (κ2) is 10.6. The van der Waals surface area contributed by atoms with Gasteiger partial charge < -0.3 is 25.2 Å². The number of aromatic nitrogens is 4. The number of aryl methyl sites for hydroxylation is 1. The standard InChI is InChI=1S/C25H20Cl2N6O5S/c1-4-33-14-7-11(5-6-12(14)20(32-33)25(35)36)30-23-22-19(28-10-29-23)13(9-39-22)24(34)31-21-17(26)15(37-2)8-16(38-3)18(21)27/h5-10H,4H2,1-3H3,(H,31,34)(H,35,36)(H,28,29,30). The molecule has 0 unspecified atom stereocenters. The van der Waals surface area contributed by atoms with Crippen molar-refractivity contribution in [1.29, 1.82) is 0 Å². The molecule has 3 N–H and O–H groups in total. The highest BCUT2D eigenvalue weighted by Crippen LogP contribution is 2.44. The number of methoxy groups -OCH3 is 2. The summed E-state index contributed by atoms with van der Waals surface area (Å²) in [6.07, 6.45) is 1.35. The smallest absolute Gasteiger partial charge is 0.357 e. The van der Waals surface area contributed by atoms with Crippen molar-refractivity contribution >= 4 is 84.7 Å². The van der Waals surface area contributed by atoms with Crippen molar-refractivity contribution < 1.29 is 24.2 Å². The molecule has 0 aliphatic rings. The van der Waals surface area contributed by atoms with Gasteiger partial charge in [-0.3, -0.25) is 9.48 Å². The van der Waals surface area contributed by atoms with Crippen LogP contribution in [0.5, 0.6) is 11.5 Å². The minimum atomic E-state index is -1.09. The number of thiophene rings is 1. The van der Waals surface area contributed by atoms with Crippen LogP contribution in [-0.4, -0.2) is 51.0 Å². The maximum absolute atomic E-state index is 13.3. The van der Waals surface area contributed by atoms with E-state index in [2.05, 4.69) is 25.7 Å². The van der Waals surface area contributed by atoms with Crippen LogP contribution < -0.4 is 20.1 Å². The van der Waals surface area contributed by atoms with E-state index >= 15 is 0 Å². The molecule has 11 nitrogen and oxygen atoms in total. The van der Waals surface area contributed by atoms with Crippen molar-refractivity contribution in [3.63, 3.8) is 0 Å². The lowest BCUT2D eigenvalue weighted by atomic mass is 10.2. The van der Waals surface area contributed by atoms with Gasteiger partial charge in [-0.05, 0) is 25.1 Å². The molecule has 0 radical (unpaired) electrons. The van der Waals surface area contributed by atoms with E-state index in [1.165, 1.54) is 38.0 Å². The van der Waals surface area contributed by atoms with Crippen molar-refractivity contribution in [3.8, 4) is 11.5 Å². The van der Waals surface area contributed by atoms with Crippen LogP contribution in [0.2, 0.25) is 10.0 Å². The fraction of sp³-hybridized carbons (Fsp3) is 0.160. The van der Waals surface area contributed by atoms with Gasteiger partial charge >= 0.3 is 5.97 Å². The molecule has 3 heterocycles. The molecule has 39 heavy (non-hydrogen) atoms. The third-order valence-electron chi connectivity index (χ3n) is 5.93. The zero-order chi connectivity index (χ0) is 27.8. The van der Waals surface area contributed by atoms with Gasteiger partial charge in [0, 0.05) is 29.1 Å². The molecule has 5 rings (SSSR count). The van der Waals surface area contributed by atoms with Crippen LogP contribution in [-0.2, 0) is 6.54 Å². The van der Waals surface area contributed by atoms with Crippen LogP contribution in [0.3, 0.4) is 0 Å². The quantitative estimate of drug-likeness (QED) is 0.197. The van der Waals surface area contributed by atoms with Gasteiger partial charge in [-0.2, -0.15) is 5.10 Å². The molecule has 0 atom stereocenters. The Kier molecular flexibility index (Phi) is 7.17. The first-order valence-corrected chi connectivity index (χ1v) is 13.0. The van der Waals surface area contributed by atoms with E-state index in [0.29, 0.717) is 44.7 Å². The number of hydrogen-bond acceptors (Lipinski definition) is 9. The molecule has 14 heteroatoms. The minimum absolute atomic E-state index is 0.00870. The number of carboxylic acids is 1. The Morgan fingerprint density at radius 1 is 1.10 bits per heavy atom. The highest BCUT2D eigenvalue weighted by atomic mass is 35.5. The number of benzene rings is 2. The number of hydrogen-bond donors (Lipinski definition) is 3. The highest BCUT2D eigenvalue weighted by molar-refractivity contribution is 7.18. The molecule has 2 aromatic carbocycles. The Bertz CT molecular complexity index is 1740. The predicted octanol–water partition coefficient (Wildman–Crippen LogP) is 6.08. The summed E-state index contributed by atoms with van der Waals surface area (Å²) in [7, 11) is 2.88. The van der Waals surface area contributed by atoms with Gasteiger partial charge in [-0.25, -0.2) is 14.8 Å². The van der Waals surface area contributed by atoms with E-state index in [4.69, 9.17) is 32.7 Å². The summed E-state index contributed by atoms with van der Waals surface area (Å²) in [5.74, 6) is -0.532. The number of carboxylic acid groups (broad SMARTS) is 1. The van der Waals surface area contributed by atoms with Crippen molar-refractivity contribution in [2.75, 3.05) is 24.9 Å². The van der Waals surface area contributed by atoms with Crippen LogP contribution in [0, 0.1) is 0 Å². The third-order valence-corrected chi connectivity index (χ3v) is 7.65. The normalized spacial score (nSPS) is 11.1. The van der Waals surface area contributed by atoms with E-state index in [1.807, 2.05) is 6.92 Å². The van der Waals surface area contributed by atoms with Crippen LogP contribution in [0.4, 0.5) is 17.2 Å². The zero-order valence-electron chi connectivity index (χ0n) is 20.7. The molecule has 1 amide bonds. The predicted molar refractivity (Wildman–Crippen MR) is 151 cm³/mol. The zero-order valence-corrected chi connectivity index (χ0v) is 23.0. The van der Waals surface area contributed by atoms with Crippen molar-refractivity contribution in [2.45, 2.75) is 13.5 Å². The van der Waals surface area contributed by atoms with Gasteiger partial charge in [0.05, 0.1) is 41.2 Å². The Balaban J connectivity index is 1.48. The summed E-state index contributed by atoms with van der Waals surface area (Å²) < 4.78 is 12.8. The van der Waals surface area contributed by atoms with Gasteiger partial charge in [0.2, 0.25) is 0 Å². The minimum Gasteiger partial charge on any atom is -0.495 e. The molecule has 0 saturated heterocycles. The van der Waals surface area contributed by atoms with E-state index in [9.17, 15) is 14.7 Å². The fourth-order valence-corrected chi connectivity index (χ4v) is 5.60. The Morgan fingerprint density at radius 3 is 2.46 bits per heavy atom. The van der Waals surface area contributed by atoms with Gasteiger partial charge in [-0.1, -0.05) is 23.2 Å². The lowest BCUT2D eigenvalue weighted by Gasteiger charge is -2.15. The molecule has 0 fully saturated rings. The van der Waals surface area contributed by atoms with Gasteiger partial charge in [0.15, 0.2) is 11.5 Å². The second-order valence-corrected chi connectivity index (χ2v) is 9.75. The first-order chi connectivity index (χ1) is 18.8. The first-order valence-electron chi connectivity index (χ1n) is 11.4. The summed E-state index contributed by atoms with van der Waals surface area (Å²) in [4.78, 5) is 33.5. The molecule has 5 aromatic rings. The lowest BCUT2D eigenvalue weighted by Crippen LogP contribution is -2.13. The van der Waals surface area contributed by atoms with Crippen LogP contribution in [0.15, 0.2) is 36.0 Å². The summed E-state index contributed by atoms with van der Waals surface area (Å²) in [6, 6.07) is 6.76. The van der Waals surface area contributed by atoms with Crippen molar-refractivity contribution in [3.05, 3.63) is 57.3 Å². The highest BCUT2D eigenvalue weighted by Gasteiger charge is 2.23. The largest absolute Gasteiger partial charge is 0.495 e. The SMILES string of the molecule is CCn1nc(C(=O)O)c2ccc(Nc3ncnc4c(C(=O)Nc5c(Cl)c(OC)cc(OC)c5Cl)csc34)cc21. The Labute approximate surface area is 235 Å². The number of nitrogens with one attached hydrogen (secondary N) is 2. The summed E-state index contributed by atoms with van der Waals surface area (Å²) in [5, 5.41) is 22.1. The summed E-state index contributed by atoms with van der Waals surface area (Å²) in [6.45, 7) is 2.38.